The molecular formula is C11H11F2NO4. The van der Waals surface area contributed by atoms with Crippen molar-refractivity contribution in [2.24, 2.45) is 0 Å². The van der Waals surface area contributed by atoms with E-state index in [4.69, 9.17) is 5.11 Å². The van der Waals surface area contributed by atoms with E-state index in [1.165, 1.54) is 31.2 Å². The summed E-state index contributed by atoms with van der Waals surface area (Å²) in [6.45, 7) is -1.80. The minimum atomic E-state index is -3.06. The van der Waals surface area contributed by atoms with Gasteiger partial charge in [-0.05, 0) is 19.1 Å². The number of ether oxygens (including phenoxy) is 1. The number of alkyl halides is 2. The van der Waals surface area contributed by atoms with Crippen LogP contribution in [0.15, 0.2) is 24.3 Å². The van der Waals surface area contributed by atoms with Crippen molar-refractivity contribution in [2.45, 2.75) is 19.6 Å². The van der Waals surface area contributed by atoms with Crippen LogP contribution in [0.25, 0.3) is 0 Å². The molecule has 7 heteroatoms. The number of rotatable bonds is 5. The highest BCUT2D eigenvalue weighted by Gasteiger charge is 2.19. The average molecular weight is 259 g/mol. The van der Waals surface area contributed by atoms with Gasteiger partial charge in [0.15, 0.2) is 0 Å². The first kappa shape index (κ1) is 13.9. The highest BCUT2D eigenvalue weighted by atomic mass is 19.3. The van der Waals surface area contributed by atoms with Crippen LogP contribution in [0, 0.1) is 0 Å². The third-order valence-electron chi connectivity index (χ3n) is 2.07. The summed E-state index contributed by atoms with van der Waals surface area (Å²) in [5.74, 6) is -2.32. The lowest BCUT2D eigenvalue weighted by Gasteiger charge is -2.12. The largest absolute Gasteiger partial charge is 0.480 e. The van der Waals surface area contributed by atoms with Gasteiger partial charge in [-0.1, -0.05) is 12.1 Å². The van der Waals surface area contributed by atoms with E-state index in [2.05, 4.69) is 10.1 Å². The zero-order valence-electron chi connectivity index (χ0n) is 9.39. The lowest BCUT2D eigenvalue weighted by molar-refractivity contribution is -0.138. The summed E-state index contributed by atoms with van der Waals surface area (Å²) < 4.78 is 28.4. The van der Waals surface area contributed by atoms with Crippen LogP contribution in [-0.4, -0.2) is 29.6 Å². The molecule has 2 N–H and O–H groups in total. The Morgan fingerprint density at radius 1 is 1.33 bits per heavy atom. The Hall–Kier alpha value is -2.18. The van der Waals surface area contributed by atoms with Crippen molar-refractivity contribution < 1.29 is 28.2 Å². The van der Waals surface area contributed by atoms with E-state index in [1.807, 2.05) is 0 Å². The van der Waals surface area contributed by atoms with Gasteiger partial charge < -0.3 is 15.2 Å². The lowest BCUT2D eigenvalue weighted by atomic mass is 10.1. The molecule has 1 unspecified atom stereocenters. The first-order chi connectivity index (χ1) is 8.41. The molecule has 0 aliphatic carbocycles. The molecule has 0 saturated carbocycles. The van der Waals surface area contributed by atoms with Crippen LogP contribution >= 0.6 is 0 Å². The van der Waals surface area contributed by atoms with Crippen LogP contribution in [0.3, 0.4) is 0 Å². The second kappa shape index (κ2) is 5.95. The minimum Gasteiger partial charge on any atom is -0.480 e. The monoisotopic (exact) mass is 259 g/mol. The Morgan fingerprint density at radius 3 is 2.50 bits per heavy atom. The number of carbonyl (C=O) groups excluding carboxylic acids is 1. The van der Waals surface area contributed by atoms with E-state index in [-0.39, 0.29) is 11.3 Å². The minimum absolute atomic E-state index is 0.147. The van der Waals surface area contributed by atoms with Crippen molar-refractivity contribution in [3.8, 4) is 5.75 Å². The number of aliphatic carboxylic acids is 1. The van der Waals surface area contributed by atoms with Crippen molar-refractivity contribution >= 4 is 11.9 Å². The van der Waals surface area contributed by atoms with Gasteiger partial charge in [0.1, 0.15) is 11.8 Å². The maximum absolute atomic E-state index is 12.1. The van der Waals surface area contributed by atoms with Crippen molar-refractivity contribution in [1.82, 2.24) is 5.32 Å². The fourth-order valence-corrected chi connectivity index (χ4v) is 1.19. The third-order valence-corrected chi connectivity index (χ3v) is 2.07. The van der Waals surface area contributed by atoms with Gasteiger partial charge in [0, 0.05) is 0 Å². The van der Waals surface area contributed by atoms with Crippen molar-refractivity contribution in [2.75, 3.05) is 0 Å². The van der Waals surface area contributed by atoms with Gasteiger partial charge in [0.25, 0.3) is 5.91 Å². The topological polar surface area (TPSA) is 75.6 Å². The number of para-hydroxylation sites is 1. The summed E-state index contributed by atoms with van der Waals surface area (Å²) in [7, 11) is 0. The quantitative estimate of drug-likeness (QED) is 0.840. The van der Waals surface area contributed by atoms with Crippen LogP contribution in [0.5, 0.6) is 5.75 Å². The first-order valence-electron chi connectivity index (χ1n) is 4.99. The number of nitrogens with one attached hydrogen (secondary N) is 1. The summed E-state index contributed by atoms with van der Waals surface area (Å²) in [4.78, 5) is 22.2. The zero-order chi connectivity index (χ0) is 13.7. The van der Waals surface area contributed by atoms with Crippen molar-refractivity contribution in [3.63, 3.8) is 0 Å². The molecule has 1 amide bonds. The third kappa shape index (κ3) is 3.69. The number of carboxylic acids is 1. The second-order valence-electron chi connectivity index (χ2n) is 3.41. The van der Waals surface area contributed by atoms with Gasteiger partial charge in [-0.2, -0.15) is 8.78 Å². The molecule has 1 aromatic carbocycles. The number of amides is 1. The standard InChI is InChI=1S/C11H11F2NO4/c1-6(10(16)17)14-9(15)7-4-2-3-5-8(7)18-11(12)13/h2-6,11H,1H3,(H,14,15)(H,16,17). The van der Waals surface area contributed by atoms with Gasteiger partial charge in [-0.25, -0.2) is 0 Å². The van der Waals surface area contributed by atoms with Gasteiger partial charge in [0.05, 0.1) is 5.56 Å². The molecule has 1 atom stereocenters. The van der Waals surface area contributed by atoms with E-state index in [1.54, 1.807) is 0 Å². The van der Waals surface area contributed by atoms with Crippen molar-refractivity contribution in [3.05, 3.63) is 29.8 Å². The fraction of sp³-hybridized carbons (Fsp3) is 0.273. The van der Waals surface area contributed by atoms with Gasteiger partial charge in [-0.15, -0.1) is 0 Å². The zero-order valence-corrected chi connectivity index (χ0v) is 9.39. The number of benzene rings is 1. The van der Waals surface area contributed by atoms with Crippen LogP contribution in [-0.2, 0) is 4.79 Å². The maximum atomic E-state index is 12.1. The highest BCUT2D eigenvalue weighted by molar-refractivity contribution is 5.98. The molecular weight excluding hydrogens is 248 g/mol. The Bertz CT molecular complexity index is 450. The molecule has 18 heavy (non-hydrogen) atoms. The molecule has 0 radical (unpaired) electrons. The SMILES string of the molecule is CC(NC(=O)c1ccccc1OC(F)F)C(=O)O. The fourth-order valence-electron chi connectivity index (χ4n) is 1.19. The van der Waals surface area contributed by atoms with E-state index in [0.717, 1.165) is 0 Å². The highest BCUT2D eigenvalue weighted by Crippen LogP contribution is 2.20. The predicted molar refractivity (Wildman–Crippen MR) is 57.6 cm³/mol. The number of hydrogen-bond acceptors (Lipinski definition) is 3. The van der Waals surface area contributed by atoms with Crippen LogP contribution in [0.4, 0.5) is 8.78 Å². The molecule has 0 fully saturated rings. The molecule has 0 aliphatic rings. The van der Waals surface area contributed by atoms with E-state index < -0.39 is 24.5 Å². The second-order valence-corrected chi connectivity index (χ2v) is 3.41. The molecule has 0 spiro atoms. The molecule has 98 valence electrons. The lowest BCUT2D eigenvalue weighted by Crippen LogP contribution is -2.38. The number of carboxylic acid groups (broad SMARTS) is 1. The molecule has 0 saturated heterocycles. The Morgan fingerprint density at radius 2 is 1.94 bits per heavy atom. The number of carbonyl (C=O) groups is 2. The molecule has 1 aromatic rings. The Labute approximate surface area is 101 Å². The van der Waals surface area contributed by atoms with E-state index >= 15 is 0 Å². The summed E-state index contributed by atoms with van der Waals surface area (Å²) in [6, 6.07) is 4.22. The van der Waals surface area contributed by atoms with E-state index in [0.29, 0.717) is 0 Å². The summed E-state index contributed by atoms with van der Waals surface area (Å²) >= 11 is 0. The first-order valence-corrected chi connectivity index (χ1v) is 4.99. The van der Waals surface area contributed by atoms with Crippen LogP contribution < -0.4 is 10.1 Å². The Balaban J connectivity index is 2.88. The summed E-state index contributed by atoms with van der Waals surface area (Å²) in [5, 5.41) is 10.8. The van der Waals surface area contributed by atoms with Gasteiger partial charge in [0.2, 0.25) is 0 Å². The summed E-state index contributed by atoms with van der Waals surface area (Å²) in [5.41, 5.74) is -0.147. The normalized spacial score (nSPS) is 12.0. The van der Waals surface area contributed by atoms with Crippen LogP contribution in [0.1, 0.15) is 17.3 Å². The number of halogens is 2. The van der Waals surface area contributed by atoms with E-state index in [9.17, 15) is 18.4 Å². The van der Waals surface area contributed by atoms with Crippen molar-refractivity contribution in [1.29, 1.82) is 0 Å². The van der Waals surface area contributed by atoms with Crippen LogP contribution in [0.2, 0.25) is 0 Å². The Kier molecular flexibility index (Phi) is 4.59. The smallest absolute Gasteiger partial charge is 0.387 e. The number of hydrogen-bond donors (Lipinski definition) is 2. The maximum Gasteiger partial charge on any atom is 0.387 e. The predicted octanol–water partition coefficient (Wildman–Crippen LogP) is 1.49. The summed E-state index contributed by atoms with van der Waals surface area (Å²) in [6.07, 6.45) is 0. The van der Waals surface area contributed by atoms with Gasteiger partial charge in [-0.3, -0.25) is 9.59 Å². The average Bonchev–Trinajstić information content (AvgIpc) is 2.28. The molecule has 0 aliphatic heterocycles. The molecule has 0 bridgehead atoms. The molecule has 1 rings (SSSR count). The van der Waals surface area contributed by atoms with Gasteiger partial charge >= 0.3 is 12.6 Å². The molecule has 5 nitrogen and oxygen atoms in total. The molecule has 0 aromatic heterocycles. The molecule has 0 heterocycles.